The van der Waals surface area contributed by atoms with E-state index in [0.717, 1.165) is 16.7 Å². The molecule has 2 amide bonds. The molecule has 0 saturated heterocycles. The van der Waals surface area contributed by atoms with E-state index in [4.69, 9.17) is 9.94 Å². The predicted octanol–water partition coefficient (Wildman–Crippen LogP) is 3.40. The predicted molar refractivity (Wildman–Crippen MR) is 104 cm³/mol. The highest BCUT2D eigenvalue weighted by molar-refractivity contribution is 6.01. The number of nitrogens with one attached hydrogen (secondary N) is 1. The number of benzene rings is 3. The first-order valence-corrected chi connectivity index (χ1v) is 8.82. The largest absolute Gasteiger partial charge is 0.482 e. The number of ether oxygens (including phenoxy) is 1. The summed E-state index contributed by atoms with van der Waals surface area (Å²) < 4.78 is 5.50. The molecular weight excluding hydrogens is 356 g/mol. The average molecular weight is 374 g/mol. The minimum atomic E-state index is -0.648. The number of anilines is 1. The maximum absolute atomic E-state index is 12.6. The lowest BCUT2D eigenvalue weighted by Crippen LogP contribution is -2.38. The van der Waals surface area contributed by atoms with Gasteiger partial charge in [0, 0.05) is 5.56 Å². The van der Waals surface area contributed by atoms with Crippen LogP contribution in [0.4, 0.5) is 5.69 Å². The number of amides is 2. The van der Waals surface area contributed by atoms with Crippen molar-refractivity contribution < 1.29 is 19.5 Å². The third-order valence-corrected chi connectivity index (χ3v) is 4.70. The van der Waals surface area contributed by atoms with Gasteiger partial charge in [-0.1, -0.05) is 54.6 Å². The van der Waals surface area contributed by atoms with Crippen molar-refractivity contribution in [2.45, 2.75) is 6.54 Å². The van der Waals surface area contributed by atoms with Gasteiger partial charge in [0.2, 0.25) is 0 Å². The Kier molecular flexibility index (Phi) is 4.78. The van der Waals surface area contributed by atoms with Crippen LogP contribution in [-0.4, -0.2) is 23.6 Å². The number of rotatable bonds is 4. The van der Waals surface area contributed by atoms with Gasteiger partial charge >= 0.3 is 0 Å². The molecule has 0 fully saturated rings. The van der Waals surface area contributed by atoms with E-state index in [1.54, 1.807) is 22.5 Å². The van der Waals surface area contributed by atoms with Gasteiger partial charge in [-0.2, -0.15) is 0 Å². The normalized spacial score (nSPS) is 12.9. The topological polar surface area (TPSA) is 78.9 Å². The molecule has 1 aliphatic heterocycles. The van der Waals surface area contributed by atoms with E-state index in [1.165, 1.54) is 6.07 Å². The van der Waals surface area contributed by atoms with Gasteiger partial charge in [0.15, 0.2) is 6.61 Å². The van der Waals surface area contributed by atoms with Crippen LogP contribution >= 0.6 is 0 Å². The van der Waals surface area contributed by atoms with Crippen LogP contribution in [0.5, 0.6) is 5.75 Å². The fraction of sp³-hybridized carbons (Fsp3) is 0.0909. The van der Waals surface area contributed by atoms with Crippen LogP contribution < -0.4 is 15.1 Å². The van der Waals surface area contributed by atoms with E-state index >= 15 is 0 Å². The molecule has 0 aliphatic carbocycles. The number of hydrogen-bond acceptors (Lipinski definition) is 4. The van der Waals surface area contributed by atoms with Crippen molar-refractivity contribution >= 4 is 17.5 Å². The maximum Gasteiger partial charge on any atom is 0.274 e. The molecule has 0 spiro atoms. The van der Waals surface area contributed by atoms with E-state index in [0.29, 0.717) is 18.0 Å². The minimum absolute atomic E-state index is 0.0634. The van der Waals surface area contributed by atoms with Gasteiger partial charge in [0.25, 0.3) is 11.8 Å². The van der Waals surface area contributed by atoms with Crippen molar-refractivity contribution in [1.29, 1.82) is 0 Å². The molecule has 1 aliphatic rings. The Morgan fingerprint density at radius 1 is 1.04 bits per heavy atom. The second-order valence-electron chi connectivity index (χ2n) is 6.42. The number of carbonyl (C=O) groups excluding carboxylic acids is 2. The smallest absolute Gasteiger partial charge is 0.274 e. The van der Waals surface area contributed by atoms with Crippen molar-refractivity contribution in [1.82, 2.24) is 5.48 Å². The first kappa shape index (κ1) is 17.8. The molecule has 0 bridgehead atoms. The van der Waals surface area contributed by atoms with E-state index in [1.807, 2.05) is 54.6 Å². The van der Waals surface area contributed by atoms with Gasteiger partial charge < -0.3 is 9.64 Å². The van der Waals surface area contributed by atoms with E-state index < -0.39 is 5.91 Å². The summed E-state index contributed by atoms with van der Waals surface area (Å²) in [6.45, 7) is 0.274. The molecule has 0 unspecified atom stereocenters. The minimum Gasteiger partial charge on any atom is -0.482 e. The summed E-state index contributed by atoms with van der Waals surface area (Å²) >= 11 is 0. The highest BCUT2D eigenvalue weighted by Gasteiger charge is 2.27. The second kappa shape index (κ2) is 7.54. The SMILES string of the molecule is O=C(NO)c1ccc2c(c1)N(Cc1ccccc1-c1ccccc1)C(=O)CO2. The Morgan fingerprint density at radius 3 is 2.57 bits per heavy atom. The van der Waals surface area contributed by atoms with Gasteiger partial charge in [0.1, 0.15) is 5.75 Å². The Hall–Kier alpha value is -3.64. The molecule has 0 atom stereocenters. The third kappa shape index (κ3) is 3.33. The van der Waals surface area contributed by atoms with Crippen LogP contribution in [0.2, 0.25) is 0 Å². The quantitative estimate of drug-likeness (QED) is 0.542. The van der Waals surface area contributed by atoms with Crippen LogP contribution in [0.3, 0.4) is 0 Å². The summed E-state index contributed by atoms with van der Waals surface area (Å²) in [5.74, 6) is -0.325. The van der Waals surface area contributed by atoms with Gasteiger partial charge in [-0.25, -0.2) is 5.48 Å². The Balaban J connectivity index is 1.74. The molecule has 140 valence electrons. The number of nitrogens with zero attached hydrogens (tertiary/aromatic N) is 1. The average Bonchev–Trinajstić information content (AvgIpc) is 2.75. The summed E-state index contributed by atoms with van der Waals surface area (Å²) in [5, 5.41) is 8.90. The Morgan fingerprint density at radius 2 is 1.79 bits per heavy atom. The number of carbonyl (C=O) groups is 2. The van der Waals surface area contributed by atoms with E-state index in [-0.39, 0.29) is 18.1 Å². The van der Waals surface area contributed by atoms with E-state index in [2.05, 4.69) is 0 Å². The molecule has 4 rings (SSSR count). The zero-order chi connectivity index (χ0) is 19.5. The van der Waals surface area contributed by atoms with Crippen molar-refractivity contribution in [3.63, 3.8) is 0 Å². The zero-order valence-electron chi connectivity index (χ0n) is 15.0. The van der Waals surface area contributed by atoms with Crippen molar-refractivity contribution in [2.24, 2.45) is 0 Å². The number of hydrogen-bond donors (Lipinski definition) is 2. The third-order valence-electron chi connectivity index (χ3n) is 4.70. The summed E-state index contributed by atoms with van der Waals surface area (Å²) in [5.41, 5.74) is 5.42. The van der Waals surface area contributed by atoms with Crippen LogP contribution in [0.15, 0.2) is 72.8 Å². The summed E-state index contributed by atoms with van der Waals surface area (Å²) in [6.07, 6.45) is 0. The molecule has 6 heteroatoms. The van der Waals surface area contributed by atoms with E-state index in [9.17, 15) is 9.59 Å². The van der Waals surface area contributed by atoms with Crippen molar-refractivity contribution in [3.05, 3.63) is 83.9 Å². The maximum atomic E-state index is 12.6. The monoisotopic (exact) mass is 374 g/mol. The van der Waals surface area contributed by atoms with Crippen LogP contribution in [0, 0.1) is 0 Å². The second-order valence-corrected chi connectivity index (χ2v) is 6.42. The summed E-state index contributed by atoms with van der Waals surface area (Å²) in [7, 11) is 0. The number of fused-ring (bicyclic) bond motifs is 1. The number of hydroxylamine groups is 1. The highest BCUT2D eigenvalue weighted by Crippen LogP contribution is 2.35. The zero-order valence-corrected chi connectivity index (χ0v) is 15.0. The fourth-order valence-corrected chi connectivity index (χ4v) is 3.31. The first-order chi connectivity index (χ1) is 13.7. The standard InChI is InChI=1S/C22H18N2O4/c25-21-14-28-20-11-10-16(22(26)23-27)12-19(20)24(21)13-17-8-4-5-9-18(17)15-6-2-1-3-7-15/h1-12,27H,13-14H2,(H,23,26). The summed E-state index contributed by atoms with van der Waals surface area (Å²) in [4.78, 5) is 26.0. The van der Waals surface area contributed by atoms with Crippen molar-refractivity contribution in [2.75, 3.05) is 11.5 Å². The Bertz CT molecular complexity index is 1030. The lowest BCUT2D eigenvalue weighted by Gasteiger charge is -2.30. The van der Waals surface area contributed by atoms with Gasteiger partial charge in [-0.05, 0) is 34.9 Å². The van der Waals surface area contributed by atoms with Gasteiger partial charge in [0.05, 0.1) is 12.2 Å². The van der Waals surface area contributed by atoms with Crippen LogP contribution in [0.1, 0.15) is 15.9 Å². The molecule has 0 radical (unpaired) electrons. The van der Waals surface area contributed by atoms with Crippen LogP contribution in [-0.2, 0) is 11.3 Å². The lowest BCUT2D eigenvalue weighted by atomic mass is 9.99. The molecule has 6 nitrogen and oxygen atoms in total. The first-order valence-electron chi connectivity index (χ1n) is 8.82. The van der Waals surface area contributed by atoms with Crippen molar-refractivity contribution in [3.8, 4) is 16.9 Å². The highest BCUT2D eigenvalue weighted by atomic mass is 16.5. The molecule has 0 saturated carbocycles. The molecule has 3 aromatic rings. The Labute approximate surface area is 161 Å². The lowest BCUT2D eigenvalue weighted by molar-refractivity contribution is -0.121. The molecule has 0 aromatic heterocycles. The molecule has 3 aromatic carbocycles. The molecular formula is C22H18N2O4. The summed E-state index contributed by atoms with van der Waals surface area (Å²) in [6, 6.07) is 22.6. The van der Waals surface area contributed by atoms with Gasteiger partial charge in [-0.3, -0.25) is 14.8 Å². The fourth-order valence-electron chi connectivity index (χ4n) is 3.31. The van der Waals surface area contributed by atoms with Gasteiger partial charge in [-0.15, -0.1) is 0 Å². The molecule has 28 heavy (non-hydrogen) atoms. The van der Waals surface area contributed by atoms with Crippen LogP contribution in [0.25, 0.3) is 11.1 Å². The molecule has 1 heterocycles. The molecule has 2 N–H and O–H groups in total.